The maximum atomic E-state index is 12.6. The third kappa shape index (κ3) is 10.4. The van der Waals surface area contributed by atoms with Crippen LogP contribution < -0.4 is 10.7 Å². The van der Waals surface area contributed by atoms with Crippen LogP contribution in [0, 0.1) is 11.8 Å². The van der Waals surface area contributed by atoms with Gasteiger partial charge in [-0.15, -0.1) is 0 Å². The fraction of sp³-hybridized carbons (Fsp3) is 0.552. The van der Waals surface area contributed by atoms with Crippen LogP contribution in [0.3, 0.4) is 0 Å². The summed E-state index contributed by atoms with van der Waals surface area (Å²) in [7, 11) is 0. The molecule has 0 amide bonds. The van der Waals surface area contributed by atoms with Crippen molar-refractivity contribution in [2.24, 2.45) is 11.8 Å². The minimum atomic E-state index is -1.46. The summed E-state index contributed by atoms with van der Waals surface area (Å²) in [4.78, 5) is 22.3. The molecule has 1 aromatic heterocycles. The number of aromatic nitrogens is 2. The second kappa shape index (κ2) is 15.1. The van der Waals surface area contributed by atoms with E-state index in [2.05, 4.69) is 6.58 Å². The third-order valence-electron chi connectivity index (χ3n) is 5.57. The zero-order valence-electron chi connectivity index (χ0n) is 22.8. The number of aliphatic hydroxyl groups excluding tert-OH is 1. The van der Waals surface area contributed by atoms with Gasteiger partial charge in [0.2, 0.25) is 0 Å². The average molecular weight is 519 g/mol. The van der Waals surface area contributed by atoms with Gasteiger partial charge in [-0.3, -0.25) is 4.79 Å². The van der Waals surface area contributed by atoms with E-state index in [1.165, 1.54) is 0 Å². The maximum absolute atomic E-state index is 12.6. The number of rotatable bonds is 8. The molecule has 2 N–H and O–H groups in total. The van der Waals surface area contributed by atoms with Gasteiger partial charge in [0.15, 0.2) is 6.29 Å². The Balaban J connectivity index is 0.00000316. The van der Waals surface area contributed by atoms with Crippen molar-refractivity contribution in [3.63, 3.8) is 0 Å². The maximum Gasteiger partial charge on any atom is 0.309 e. The van der Waals surface area contributed by atoms with E-state index in [1.54, 1.807) is 25.2 Å². The van der Waals surface area contributed by atoms with Gasteiger partial charge in [-0.05, 0) is 72.3 Å². The van der Waals surface area contributed by atoms with Crippen LogP contribution in [0.2, 0.25) is 0 Å². The molecule has 0 bridgehead atoms. The molecule has 0 saturated heterocycles. The molecule has 1 saturated carbocycles. The lowest BCUT2D eigenvalue weighted by Gasteiger charge is -2.22. The van der Waals surface area contributed by atoms with Gasteiger partial charge in [-0.1, -0.05) is 56.3 Å². The highest BCUT2D eigenvalue weighted by Gasteiger charge is 2.33. The van der Waals surface area contributed by atoms with Crippen molar-refractivity contribution in [2.75, 3.05) is 0 Å². The zero-order valence-corrected chi connectivity index (χ0v) is 23.6. The Bertz CT molecular complexity index is 1060. The first-order valence-electron chi connectivity index (χ1n) is 12.7. The molecular weight excluding hydrogens is 476 g/mol. The Morgan fingerprint density at radius 1 is 1.19 bits per heavy atom. The standard InChI is InChI=1S/C27H37ClN2O4.C2H6/c1-7-19(11-9-17(3)28)25-23(29-22(13-14-24(31)32)21(8-2)30-25)16-18-10-12-20(15-18)26(33)34-27(4,5)6;1-2/h7-9,11,13,18,20,24,31-32H,1,10,12,14-16H2,2-6H3;1-2H3/b17-9+,19-11+,21-8+,22-13+;. The summed E-state index contributed by atoms with van der Waals surface area (Å²) in [6.45, 7) is 17.2. The lowest BCUT2D eigenvalue weighted by atomic mass is 9.96. The number of carbonyl (C=O) groups is 1. The van der Waals surface area contributed by atoms with Gasteiger partial charge in [0.1, 0.15) is 5.60 Å². The molecular formula is C29H43ClN2O4. The van der Waals surface area contributed by atoms with Crippen molar-refractivity contribution in [2.45, 2.75) is 92.5 Å². The summed E-state index contributed by atoms with van der Waals surface area (Å²) in [6, 6.07) is 0. The molecule has 1 heterocycles. The minimum absolute atomic E-state index is 0.0524. The largest absolute Gasteiger partial charge is 0.460 e. The first-order valence-corrected chi connectivity index (χ1v) is 13.1. The minimum Gasteiger partial charge on any atom is -0.460 e. The molecule has 1 aliphatic rings. The highest BCUT2D eigenvalue weighted by atomic mass is 35.5. The summed E-state index contributed by atoms with van der Waals surface area (Å²) in [6.07, 6.45) is 10.6. The third-order valence-corrected chi connectivity index (χ3v) is 5.69. The number of halogens is 1. The molecule has 0 radical (unpaired) electrons. The van der Waals surface area contributed by atoms with E-state index < -0.39 is 11.9 Å². The number of carbonyl (C=O) groups excluding carboxylic acids is 1. The summed E-state index contributed by atoms with van der Waals surface area (Å²) >= 11 is 6.03. The predicted molar refractivity (Wildman–Crippen MR) is 148 cm³/mol. The summed E-state index contributed by atoms with van der Waals surface area (Å²) in [5, 5.41) is 20.5. The molecule has 1 aromatic rings. The van der Waals surface area contributed by atoms with Gasteiger partial charge in [-0.2, -0.15) is 0 Å². The molecule has 0 spiro atoms. The Hall–Kier alpha value is -2.28. The first kappa shape index (κ1) is 31.7. The van der Waals surface area contributed by atoms with Gasteiger partial charge in [0.05, 0.1) is 28.0 Å². The Labute approximate surface area is 221 Å². The smallest absolute Gasteiger partial charge is 0.309 e. The number of esters is 1. The molecule has 7 heteroatoms. The van der Waals surface area contributed by atoms with Crippen molar-refractivity contribution in [1.29, 1.82) is 0 Å². The second-order valence-electron chi connectivity index (χ2n) is 9.69. The molecule has 36 heavy (non-hydrogen) atoms. The molecule has 200 valence electrons. The molecule has 2 unspecified atom stereocenters. The average Bonchev–Trinajstić information content (AvgIpc) is 3.27. The van der Waals surface area contributed by atoms with Crippen LogP contribution >= 0.6 is 11.6 Å². The van der Waals surface area contributed by atoms with Crippen molar-refractivity contribution >= 4 is 35.3 Å². The first-order chi connectivity index (χ1) is 16.9. The molecule has 2 atom stereocenters. The van der Waals surface area contributed by atoms with Crippen molar-refractivity contribution in [1.82, 2.24) is 9.97 Å². The number of hydrogen-bond acceptors (Lipinski definition) is 6. The lowest BCUT2D eigenvalue weighted by molar-refractivity contribution is -0.159. The van der Waals surface area contributed by atoms with Gasteiger partial charge >= 0.3 is 5.97 Å². The van der Waals surface area contributed by atoms with Gasteiger partial charge < -0.3 is 14.9 Å². The van der Waals surface area contributed by atoms with Gasteiger partial charge in [0, 0.05) is 17.0 Å². The SMILES string of the molecule is C=C/C(=C\C=C(/C)Cl)c1nc(=C/C)/c(=C\CC(O)O)nc1CC1CCC(C(=O)OC(C)(C)C)C1.CC. The Kier molecular flexibility index (Phi) is 13.3. The molecule has 2 rings (SSSR count). The van der Waals surface area contributed by atoms with E-state index >= 15 is 0 Å². The van der Waals surface area contributed by atoms with Crippen molar-refractivity contribution < 1.29 is 19.7 Å². The molecule has 1 aliphatic carbocycles. The topological polar surface area (TPSA) is 92.5 Å². The van der Waals surface area contributed by atoms with Crippen molar-refractivity contribution in [3.8, 4) is 0 Å². The number of nitrogens with zero attached hydrogens (tertiary/aromatic N) is 2. The highest BCUT2D eigenvalue weighted by molar-refractivity contribution is 6.29. The molecule has 6 nitrogen and oxygen atoms in total. The van der Waals surface area contributed by atoms with Crippen molar-refractivity contribution in [3.05, 3.63) is 51.9 Å². The zero-order chi connectivity index (χ0) is 27.5. The fourth-order valence-electron chi connectivity index (χ4n) is 4.03. The van der Waals surface area contributed by atoms with Crippen LogP contribution in [0.1, 0.15) is 85.5 Å². The number of aliphatic hydroxyl groups is 2. The van der Waals surface area contributed by atoms with E-state index in [-0.39, 0.29) is 24.2 Å². The summed E-state index contributed by atoms with van der Waals surface area (Å²) in [5.74, 6) is 0.00275. The van der Waals surface area contributed by atoms with Crippen LogP contribution in [0.25, 0.3) is 17.7 Å². The Morgan fingerprint density at radius 2 is 1.86 bits per heavy atom. The normalized spacial score (nSPS) is 19.9. The predicted octanol–water partition coefficient (Wildman–Crippen LogP) is 4.80. The quantitative estimate of drug-likeness (QED) is 0.292. The molecule has 1 fully saturated rings. The lowest BCUT2D eigenvalue weighted by Crippen LogP contribution is -2.35. The van der Waals surface area contributed by atoms with Gasteiger partial charge in [0.25, 0.3) is 0 Å². The Morgan fingerprint density at radius 3 is 2.39 bits per heavy atom. The molecule has 0 aliphatic heterocycles. The van der Waals surface area contributed by atoms with E-state index in [0.717, 1.165) is 30.5 Å². The van der Waals surface area contributed by atoms with E-state index in [9.17, 15) is 15.0 Å². The van der Waals surface area contributed by atoms with Crippen LogP contribution in [-0.2, 0) is 16.0 Å². The van der Waals surface area contributed by atoms with Crippen LogP contribution in [0.4, 0.5) is 0 Å². The monoisotopic (exact) mass is 518 g/mol. The van der Waals surface area contributed by atoms with Crippen LogP contribution in [-0.4, -0.2) is 38.0 Å². The number of hydrogen-bond donors (Lipinski definition) is 2. The number of allylic oxidation sites excluding steroid dienone is 5. The number of ether oxygens (including phenoxy) is 1. The summed E-state index contributed by atoms with van der Waals surface area (Å²) in [5.41, 5.74) is 1.78. The van der Waals surface area contributed by atoms with Crippen LogP contribution in [0.15, 0.2) is 29.8 Å². The fourth-order valence-corrected chi connectivity index (χ4v) is 4.10. The molecule has 0 aromatic carbocycles. The summed E-state index contributed by atoms with van der Waals surface area (Å²) < 4.78 is 5.59. The van der Waals surface area contributed by atoms with E-state index in [0.29, 0.717) is 27.8 Å². The second-order valence-corrected chi connectivity index (χ2v) is 10.3. The van der Waals surface area contributed by atoms with E-state index in [4.69, 9.17) is 26.3 Å². The highest BCUT2D eigenvalue weighted by Crippen LogP contribution is 2.35. The van der Waals surface area contributed by atoms with Gasteiger partial charge in [-0.25, -0.2) is 9.97 Å². The van der Waals surface area contributed by atoms with E-state index in [1.807, 2.05) is 53.7 Å². The van der Waals surface area contributed by atoms with Crippen LogP contribution in [0.5, 0.6) is 0 Å².